The van der Waals surface area contributed by atoms with Crippen molar-refractivity contribution in [1.29, 1.82) is 0 Å². The Morgan fingerprint density at radius 2 is 1.62 bits per heavy atom. The summed E-state index contributed by atoms with van der Waals surface area (Å²) in [5.41, 5.74) is 2.40. The number of fused-ring (bicyclic) bond motifs is 1. The summed E-state index contributed by atoms with van der Waals surface area (Å²) >= 11 is 0. The fourth-order valence-electron chi connectivity index (χ4n) is 3.05. The van der Waals surface area contributed by atoms with Crippen molar-refractivity contribution in [1.82, 2.24) is 14.3 Å². The van der Waals surface area contributed by atoms with E-state index in [2.05, 4.69) is 18.8 Å². The molecule has 2 heterocycles. The maximum absolute atomic E-state index is 12.8. The van der Waals surface area contributed by atoms with Gasteiger partial charge in [0.25, 0.3) is 5.91 Å². The van der Waals surface area contributed by atoms with Crippen molar-refractivity contribution in [2.24, 2.45) is 0 Å². The number of imidazole rings is 1. The third-order valence-electron chi connectivity index (χ3n) is 4.32. The summed E-state index contributed by atoms with van der Waals surface area (Å²) in [6, 6.07) is 12.5. The van der Waals surface area contributed by atoms with Crippen molar-refractivity contribution in [3.8, 4) is 0 Å². The first-order valence-corrected chi connectivity index (χ1v) is 9.01. The van der Waals surface area contributed by atoms with E-state index in [4.69, 9.17) is 0 Å². The normalized spacial score (nSPS) is 10.8. The van der Waals surface area contributed by atoms with Gasteiger partial charge in [0.15, 0.2) is 0 Å². The molecule has 0 radical (unpaired) electrons. The quantitative estimate of drug-likeness (QED) is 0.609. The van der Waals surface area contributed by atoms with Gasteiger partial charge in [-0.25, -0.2) is 4.98 Å². The van der Waals surface area contributed by atoms with Gasteiger partial charge in [0.05, 0.1) is 6.20 Å². The first-order valence-electron chi connectivity index (χ1n) is 9.01. The number of aromatic nitrogens is 2. The lowest BCUT2D eigenvalue weighted by atomic mass is 10.1. The van der Waals surface area contributed by atoms with Crippen LogP contribution in [-0.2, 0) is 0 Å². The predicted octanol–water partition coefficient (Wildman–Crippen LogP) is 3.83. The second kappa shape index (κ2) is 7.95. The molecule has 3 aromatic rings. The fraction of sp³-hybridized carbons (Fsp3) is 0.286. The predicted molar refractivity (Wildman–Crippen MR) is 102 cm³/mol. The molecule has 0 saturated carbocycles. The third-order valence-corrected chi connectivity index (χ3v) is 4.32. The van der Waals surface area contributed by atoms with Crippen molar-refractivity contribution in [2.45, 2.75) is 26.7 Å². The number of hydrogen-bond acceptors (Lipinski definition) is 3. The van der Waals surface area contributed by atoms with Gasteiger partial charge in [-0.05, 0) is 37.1 Å². The molecule has 0 saturated heterocycles. The van der Waals surface area contributed by atoms with Crippen molar-refractivity contribution >= 4 is 17.3 Å². The average Bonchev–Trinajstić information content (AvgIpc) is 3.11. The topological polar surface area (TPSA) is 54.7 Å². The molecule has 3 rings (SSSR count). The monoisotopic (exact) mass is 349 g/mol. The van der Waals surface area contributed by atoms with Crippen LogP contribution < -0.4 is 0 Å². The Morgan fingerprint density at radius 1 is 0.962 bits per heavy atom. The molecule has 0 aliphatic rings. The Morgan fingerprint density at radius 3 is 2.27 bits per heavy atom. The van der Waals surface area contributed by atoms with Gasteiger partial charge < -0.3 is 4.90 Å². The number of carbonyl (C=O) groups is 2. The number of benzene rings is 1. The largest absolute Gasteiger partial charge is 0.339 e. The second-order valence-corrected chi connectivity index (χ2v) is 6.27. The summed E-state index contributed by atoms with van der Waals surface area (Å²) in [4.78, 5) is 31.5. The minimum atomic E-state index is -0.110. The van der Waals surface area contributed by atoms with E-state index >= 15 is 0 Å². The molecule has 0 N–H and O–H groups in total. The van der Waals surface area contributed by atoms with Gasteiger partial charge in [0, 0.05) is 30.4 Å². The third kappa shape index (κ3) is 3.52. The van der Waals surface area contributed by atoms with E-state index in [0.29, 0.717) is 16.8 Å². The molecule has 0 fully saturated rings. The number of hydrogen-bond donors (Lipinski definition) is 0. The molecule has 134 valence electrons. The lowest BCUT2D eigenvalue weighted by molar-refractivity contribution is 0.0755. The molecule has 0 atom stereocenters. The Bertz CT molecular complexity index is 906. The minimum absolute atomic E-state index is 0.0162. The highest BCUT2D eigenvalue weighted by molar-refractivity contribution is 6.08. The molecule has 26 heavy (non-hydrogen) atoms. The van der Waals surface area contributed by atoms with Gasteiger partial charge in [-0.2, -0.15) is 0 Å². The Hall–Kier alpha value is -2.95. The van der Waals surface area contributed by atoms with E-state index in [9.17, 15) is 9.59 Å². The van der Waals surface area contributed by atoms with Gasteiger partial charge in [0.1, 0.15) is 11.3 Å². The van der Waals surface area contributed by atoms with Crippen LogP contribution in [0.2, 0.25) is 0 Å². The molecule has 0 aliphatic carbocycles. The van der Waals surface area contributed by atoms with Crippen LogP contribution in [0.25, 0.3) is 5.65 Å². The summed E-state index contributed by atoms with van der Waals surface area (Å²) in [5, 5.41) is 0. The standard InChI is InChI=1S/C21H23N3O2/c1-3-12-23(13-4-2)21(26)17-10-8-16(9-11-17)20(25)18-15-22-19-7-5-6-14-24(18)19/h5-11,14-15H,3-4,12-13H2,1-2H3. The van der Waals surface area contributed by atoms with Crippen LogP contribution in [0.4, 0.5) is 0 Å². The van der Waals surface area contributed by atoms with Crippen molar-refractivity contribution in [2.75, 3.05) is 13.1 Å². The molecule has 5 nitrogen and oxygen atoms in total. The number of carbonyl (C=O) groups excluding carboxylic acids is 2. The zero-order valence-electron chi connectivity index (χ0n) is 15.2. The first-order chi connectivity index (χ1) is 12.7. The molecular weight excluding hydrogens is 326 g/mol. The second-order valence-electron chi connectivity index (χ2n) is 6.27. The number of nitrogens with zero attached hydrogens (tertiary/aromatic N) is 3. The fourth-order valence-corrected chi connectivity index (χ4v) is 3.05. The molecule has 1 amide bonds. The van der Waals surface area contributed by atoms with Crippen molar-refractivity contribution in [3.63, 3.8) is 0 Å². The van der Waals surface area contributed by atoms with Crippen molar-refractivity contribution in [3.05, 3.63) is 71.7 Å². The van der Waals surface area contributed by atoms with E-state index in [1.54, 1.807) is 34.9 Å². The van der Waals surface area contributed by atoms with E-state index in [0.717, 1.165) is 31.6 Å². The smallest absolute Gasteiger partial charge is 0.253 e. The maximum atomic E-state index is 12.8. The highest BCUT2D eigenvalue weighted by atomic mass is 16.2. The lowest BCUT2D eigenvalue weighted by Crippen LogP contribution is -2.32. The number of ketones is 1. The zero-order chi connectivity index (χ0) is 18.5. The molecule has 0 spiro atoms. The Labute approximate surface area is 153 Å². The Kier molecular flexibility index (Phi) is 5.46. The lowest BCUT2D eigenvalue weighted by Gasteiger charge is -2.21. The molecule has 5 heteroatoms. The summed E-state index contributed by atoms with van der Waals surface area (Å²) in [6.07, 6.45) is 5.26. The molecule has 0 unspecified atom stereocenters. The molecular formula is C21H23N3O2. The van der Waals surface area contributed by atoms with E-state index in [1.807, 2.05) is 29.3 Å². The van der Waals surface area contributed by atoms with Crippen molar-refractivity contribution < 1.29 is 9.59 Å². The summed E-state index contributed by atoms with van der Waals surface area (Å²) in [7, 11) is 0. The van der Waals surface area contributed by atoms with Crippen LogP contribution in [-0.4, -0.2) is 39.1 Å². The van der Waals surface area contributed by atoms with Gasteiger partial charge in [-0.3, -0.25) is 14.0 Å². The molecule has 0 aliphatic heterocycles. The average molecular weight is 349 g/mol. The van der Waals surface area contributed by atoms with Gasteiger partial charge in [-0.1, -0.05) is 32.0 Å². The van der Waals surface area contributed by atoms with E-state index < -0.39 is 0 Å². The summed E-state index contributed by atoms with van der Waals surface area (Å²) < 4.78 is 1.77. The molecule has 1 aromatic carbocycles. The highest BCUT2D eigenvalue weighted by Gasteiger charge is 2.17. The van der Waals surface area contributed by atoms with Gasteiger partial charge >= 0.3 is 0 Å². The summed E-state index contributed by atoms with van der Waals surface area (Å²) in [5.74, 6) is -0.0934. The van der Waals surface area contributed by atoms with Crippen LogP contribution in [0.1, 0.15) is 53.1 Å². The summed E-state index contributed by atoms with van der Waals surface area (Å²) in [6.45, 7) is 5.62. The first kappa shape index (κ1) is 17.9. The number of rotatable bonds is 7. The SMILES string of the molecule is CCCN(CCC)C(=O)c1ccc(C(=O)c2cnc3ccccn23)cc1. The number of amides is 1. The van der Waals surface area contributed by atoms with E-state index in [-0.39, 0.29) is 11.7 Å². The van der Waals surface area contributed by atoms with Gasteiger partial charge in [0.2, 0.25) is 5.78 Å². The Balaban J connectivity index is 1.83. The minimum Gasteiger partial charge on any atom is -0.339 e. The molecule has 0 bridgehead atoms. The number of pyridine rings is 1. The van der Waals surface area contributed by atoms with Crippen LogP contribution >= 0.6 is 0 Å². The maximum Gasteiger partial charge on any atom is 0.253 e. The van der Waals surface area contributed by atoms with Gasteiger partial charge in [-0.15, -0.1) is 0 Å². The van der Waals surface area contributed by atoms with Crippen LogP contribution in [0.5, 0.6) is 0 Å². The molecule has 2 aromatic heterocycles. The van der Waals surface area contributed by atoms with Crippen LogP contribution in [0.3, 0.4) is 0 Å². The highest BCUT2D eigenvalue weighted by Crippen LogP contribution is 2.14. The van der Waals surface area contributed by atoms with Crippen LogP contribution in [0, 0.1) is 0 Å². The van der Waals surface area contributed by atoms with Crippen LogP contribution in [0.15, 0.2) is 54.9 Å². The van der Waals surface area contributed by atoms with E-state index in [1.165, 1.54) is 0 Å². The zero-order valence-corrected chi connectivity index (χ0v) is 15.2.